The zero-order chi connectivity index (χ0) is 13.0. The Kier molecular flexibility index (Phi) is 4.44. The Labute approximate surface area is 111 Å². The first-order chi connectivity index (χ1) is 8.66. The summed E-state index contributed by atoms with van der Waals surface area (Å²) in [5, 5.41) is 6.54. The Bertz CT molecular complexity index is 484. The summed E-state index contributed by atoms with van der Waals surface area (Å²) in [5.74, 6) is 0.190. The Balaban J connectivity index is 1.90. The topological polar surface area (TPSA) is 24.9 Å². The zero-order valence-corrected chi connectivity index (χ0v) is 11.4. The van der Waals surface area contributed by atoms with Crippen molar-refractivity contribution < 1.29 is 4.39 Å². The molecule has 0 saturated heterocycles. The molecule has 1 heterocycles. The summed E-state index contributed by atoms with van der Waals surface area (Å²) in [5.41, 5.74) is 0.973. The highest BCUT2D eigenvalue weighted by atomic mass is 32.1. The van der Waals surface area contributed by atoms with Crippen molar-refractivity contribution in [1.29, 1.82) is 0 Å². The molecule has 4 heteroatoms. The molecule has 2 nitrogen and oxygen atoms in total. The minimum Gasteiger partial charge on any atom is -0.310 e. The van der Waals surface area contributed by atoms with Gasteiger partial charge in [-0.2, -0.15) is 0 Å². The van der Waals surface area contributed by atoms with E-state index in [0.29, 0.717) is 5.92 Å². The second-order valence-corrected chi connectivity index (χ2v) is 5.38. The van der Waals surface area contributed by atoms with Crippen LogP contribution in [0, 0.1) is 5.82 Å². The number of benzene rings is 1. The predicted molar refractivity (Wildman–Crippen MR) is 73.3 cm³/mol. The number of hydrogen-bond acceptors (Lipinski definition) is 3. The van der Waals surface area contributed by atoms with Gasteiger partial charge in [0.05, 0.1) is 5.01 Å². The van der Waals surface area contributed by atoms with Crippen molar-refractivity contribution in [3.05, 3.63) is 52.2 Å². The second-order valence-electron chi connectivity index (χ2n) is 4.46. The normalized spacial score (nSPS) is 14.4. The minimum absolute atomic E-state index is 0.142. The van der Waals surface area contributed by atoms with Crippen LogP contribution in [0.4, 0.5) is 4.39 Å². The van der Waals surface area contributed by atoms with Gasteiger partial charge < -0.3 is 5.32 Å². The maximum Gasteiger partial charge on any atom is 0.123 e. The first kappa shape index (κ1) is 13.2. The first-order valence-electron chi connectivity index (χ1n) is 6.05. The van der Waals surface area contributed by atoms with Gasteiger partial charge in [0.1, 0.15) is 5.82 Å². The van der Waals surface area contributed by atoms with Crippen LogP contribution in [0.1, 0.15) is 36.4 Å². The van der Waals surface area contributed by atoms with Gasteiger partial charge >= 0.3 is 0 Å². The maximum absolute atomic E-state index is 13.1. The van der Waals surface area contributed by atoms with Gasteiger partial charge in [0.2, 0.25) is 0 Å². The Morgan fingerprint density at radius 3 is 2.89 bits per heavy atom. The highest BCUT2D eigenvalue weighted by molar-refractivity contribution is 7.09. The summed E-state index contributed by atoms with van der Waals surface area (Å²) >= 11 is 1.67. The molecule has 0 aliphatic carbocycles. The molecule has 96 valence electrons. The van der Waals surface area contributed by atoms with Crippen LogP contribution >= 0.6 is 11.3 Å². The number of thiazole rings is 1. The van der Waals surface area contributed by atoms with Crippen LogP contribution in [0.15, 0.2) is 35.8 Å². The molecule has 0 amide bonds. The number of nitrogens with zero attached hydrogens (tertiary/aromatic N) is 1. The van der Waals surface area contributed by atoms with Gasteiger partial charge in [-0.3, -0.25) is 0 Å². The molecule has 18 heavy (non-hydrogen) atoms. The van der Waals surface area contributed by atoms with Gasteiger partial charge in [-0.1, -0.05) is 19.1 Å². The van der Waals surface area contributed by atoms with E-state index in [4.69, 9.17) is 0 Å². The Morgan fingerprint density at radius 2 is 2.22 bits per heavy atom. The quantitative estimate of drug-likeness (QED) is 0.890. The Hall–Kier alpha value is -1.26. The van der Waals surface area contributed by atoms with E-state index >= 15 is 0 Å². The molecule has 2 aromatic rings. The Morgan fingerprint density at radius 1 is 1.39 bits per heavy atom. The molecular formula is C14H17FN2S. The summed E-state index contributed by atoms with van der Waals surface area (Å²) in [6, 6.07) is 6.87. The molecule has 2 rings (SSSR count). The molecular weight excluding hydrogens is 247 g/mol. The summed E-state index contributed by atoms with van der Waals surface area (Å²) in [4.78, 5) is 4.30. The molecule has 0 bridgehead atoms. The summed E-state index contributed by atoms with van der Waals surface area (Å²) in [6.07, 6.45) is 1.83. The number of aromatic nitrogens is 1. The number of hydrogen-bond donors (Lipinski definition) is 1. The minimum atomic E-state index is -0.186. The molecule has 2 unspecified atom stereocenters. The summed E-state index contributed by atoms with van der Waals surface area (Å²) < 4.78 is 13.1. The first-order valence-corrected chi connectivity index (χ1v) is 6.93. The van der Waals surface area contributed by atoms with E-state index in [9.17, 15) is 4.39 Å². The molecule has 2 atom stereocenters. The summed E-state index contributed by atoms with van der Waals surface area (Å²) in [7, 11) is 0. The fourth-order valence-corrected chi connectivity index (χ4v) is 2.51. The lowest BCUT2D eigenvalue weighted by Crippen LogP contribution is -2.23. The molecule has 1 aromatic carbocycles. The van der Waals surface area contributed by atoms with Crippen LogP contribution in [0.2, 0.25) is 0 Å². The number of halogens is 1. The maximum atomic E-state index is 13.1. The predicted octanol–water partition coefficient (Wildman–Crippen LogP) is 3.74. The SMILES string of the molecule is CC(CNC(C)c1cccc(F)c1)c1nccs1. The number of nitrogens with one attached hydrogen (secondary N) is 1. The third-order valence-electron chi connectivity index (χ3n) is 2.95. The molecule has 0 aliphatic rings. The average Bonchev–Trinajstić information content (AvgIpc) is 2.89. The van der Waals surface area contributed by atoms with Crippen molar-refractivity contribution in [3.63, 3.8) is 0 Å². The lowest BCUT2D eigenvalue weighted by Gasteiger charge is -2.17. The van der Waals surface area contributed by atoms with Crippen LogP contribution in [-0.2, 0) is 0 Å². The summed E-state index contributed by atoms with van der Waals surface area (Å²) in [6.45, 7) is 5.03. The zero-order valence-electron chi connectivity index (χ0n) is 10.6. The second kappa shape index (κ2) is 6.07. The highest BCUT2D eigenvalue weighted by Crippen LogP contribution is 2.19. The molecule has 1 aromatic heterocycles. The lowest BCUT2D eigenvalue weighted by molar-refractivity contribution is 0.532. The van der Waals surface area contributed by atoms with Crippen molar-refractivity contribution in [2.45, 2.75) is 25.8 Å². The van der Waals surface area contributed by atoms with Crippen molar-refractivity contribution in [2.24, 2.45) is 0 Å². The highest BCUT2D eigenvalue weighted by Gasteiger charge is 2.11. The van der Waals surface area contributed by atoms with E-state index in [1.807, 2.05) is 24.6 Å². The molecule has 0 aliphatic heterocycles. The van der Waals surface area contributed by atoms with Crippen LogP contribution in [0.25, 0.3) is 0 Å². The standard InChI is InChI=1S/C14H17FN2S/c1-10(14-16-6-7-18-14)9-17-11(2)12-4-3-5-13(15)8-12/h3-8,10-11,17H,9H2,1-2H3. The molecule has 0 radical (unpaired) electrons. The van der Waals surface area contributed by atoms with E-state index in [2.05, 4.69) is 17.2 Å². The third-order valence-corrected chi connectivity index (χ3v) is 3.96. The van der Waals surface area contributed by atoms with Crippen molar-refractivity contribution >= 4 is 11.3 Å². The van der Waals surface area contributed by atoms with E-state index in [1.165, 1.54) is 6.07 Å². The van der Waals surface area contributed by atoms with Crippen molar-refractivity contribution in [2.75, 3.05) is 6.54 Å². The van der Waals surface area contributed by atoms with Crippen molar-refractivity contribution in [1.82, 2.24) is 10.3 Å². The fourth-order valence-electron chi connectivity index (χ4n) is 1.81. The average molecular weight is 264 g/mol. The van der Waals surface area contributed by atoms with Crippen LogP contribution in [-0.4, -0.2) is 11.5 Å². The van der Waals surface area contributed by atoms with Gasteiger partial charge in [0.15, 0.2) is 0 Å². The van der Waals surface area contributed by atoms with Crippen LogP contribution in [0.3, 0.4) is 0 Å². The van der Waals surface area contributed by atoms with Crippen molar-refractivity contribution in [3.8, 4) is 0 Å². The van der Waals surface area contributed by atoms with Crippen LogP contribution < -0.4 is 5.32 Å². The monoisotopic (exact) mass is 264 g/mol. The molecule has 0 spiro atoms. The third kappa shape index (κ3) is 3.37. The van der Waals surface area contributed by atoms with Gasteiger partial charge in [-0.15, -0.1) is 11.3 Å². The smallest absolute Gasteiger partial charge is 0.123 e. The molecule has 0 saturated carbocycles. The fraction of sp³-hybridized carbons (Fsp3) is 0.357. The van der Waals surface area contributed by atoms with E-state index in [0.717, 1.165) is 17.1 Å². The molecule has 0 fully saturated rings. The van der Waals surface area contributed by atoms with Gasteiger partial charge in [-0.25, -0.2) is 9.37 Å². The van der Waals surface area contributed by atoms with Gasteiger partial charge in [0.25, 0.3) is 0 Å². The van der Waals surface area contributed by atoms with Gasteiger partial charge in [0, 0.05) is 30.1 Å². The lowest BCUT2D eigenvalue weighted by atomic mass is 10.1. The largest absolute Gasteiger partial charge is 0.310 e. The van der Waals surface area contributed by atoms with Gasteiger partial charge in [-0.05, 0) is 24.6 Å². The van der Waals surface area contributed by atoms with E-state index in [1.54, 1.807) is 23.5 Å². The van der Waals surface area contributed by atoms with E-state index < -0.39 is 0 Å². The number of rotatable bonds is 5. The van der Waals surface area contributed by atoms with E-state index in [-0.39, 0.29) is 11.9 Å². The van der Waals surface area contributed by atoms with Crippen LogP contribution in [0.5, 0.6) is 0 Å². The molecule has 1 N–H and O–H groups in total.